The highest BCUT2D eigenvalue weighted by atomic mass is 16.2. The fourth-order valence-corrected chi connectivity index (χ4v) is 3.69. The lowest BCUT2D eigenvalue weighted by Gasteiger charge is -2.36. The minimum atomic E-state index is 0.0930. The van der Waals surface area contributed by atoms with Gasteiger partial charge >= 0.3 is 0 Å². The van der Waals surface area contributed by atoms with Gasteiger partial charge in [0.25, 0.3) is 5.91 Å². The molecule has 4 rings (SSSR count). The second kappa shape index (κ2) is 7.29. The molecule has 2 aromatic rings. The minimum Gasteiger partial charge on any atom is -0.368 e. The van der Waals surface area contributed by atoms with Crippen molar-refractivity contribution in [3.05, 3.63) is 47.2 Å². The largest absolute Gasteiger partial charge is 0.368 e. The Morgan fingerprint density at radius 3 is 2.50 bits per heavy atom. The van der Waals surface area contributed by atoms with E-state index in [1.165, 1.54) is 5.56 Å². The lowest BCUT2D eigenvalue weighted by Crippen LogP contribution is -2.49. The van der Waals surface area contributed by atoms with Crippen LogP contribution in [0.1, 0.15) is 21.6 Å². The number of nitrogens with two attached hydrogens (primary N) is 1. The average Bonchev–Trinajstić information content (AvgIpc) is 2.93. The van der Waals surface area contributed by atoms with Gasteiger partial charge in [0.15, 0.2) is 0 Å². The maximum Gasteiger partial charge on any atom is 0.253 e. The van der Waals surface area contributed by atoms with Gasteiger partial charge in [0.1, 0.15) is 5.82 Å². The average molecular weight is 352 g/mol. The molecule has 0 radical (unpaired) electrons. The van der Waals surface area contributed by atoms with Crippen molar-refractivity contribution in [2.24, 2.45) is 0 Å². The lowest BCUT2D eigenvalue weighted by atomic mass is 10.1. The van der Waals surface area contributed by atoms with Gasteiger partial charge in [0.2, 0.25) is 5.95 Å². The molecule has 1 amide bonds. The molecule has 2 aliphatic heterocycles. The number of nitrogen functional groups attached to an aromatic ring is 1. The first-order valence-electron chi connectivity index (χ1n) is 9.17. The van der Waals surface area contributed by atoms with Crippen LogP contribution in [0.15, 0.2) is 30.3 Å². The van der Waals surface area contributed by atoms with Crippen LogP contribution in [0.2, 0.25) is 0 Å². The summed E-state index contributed by atoms with van der Waals surface area (Å²) in [6, 6.07) is 9.46. The number of rotatable bonds is 2. The van der Waals surface area contributed by atoms with Crippen molar-refractivity contribution in [3.63, 3.8) is 0 Å². The Bertz CT molecular complexity index is 786. The van der Waals surface area contributed by atoms with Crippen LogP contribution in [0.5, 0.6) is 0 Å². The molecule has 0 atom stereocenters. The normalized spacial score (nSPS) is 17.5. The first-order valence-corrected chi connectivity index (χ1v) is 9.17. The second-order valence-electron chi connectivity index (χ2n) is 6.73. The quantitative estimate of drug-likeness (QED) is 0.828. The molecule has 0 saturated carbocycles. The van der Waals surface area contributed by atoms with Crippen LogP contribution in [-0.2, 0) is 12.8 Å². The first-order chi connectivity index (χ1) is 12.7. The maximum atomic E-state index is 12.6. The van der Waals surface area contributed by atoms with Gasteiger partial charge in [-0.3, -0.25) is 4.79 Å². The van der Waals surface area contributed by atoms with Crippen molar-refractivity contribution in [3.8, 4) is 0 Å². The summed E-state index contributed by atoms with van der Waals surface area (Å²) in [6.07, 6.45) is 1.79. The third-order valence-electron chi connectivity index (χ3n) is 5.07. The Labute approximate surface area is 153 Å². The third kappa shape index (κ3) is 3.35. The number of amides is 1. The van der Waals surface area contributed by atoms with Gasteiger partial charge in [-0.2, -0.15) is 4.98 Å². The van der Waals surface area contributed by atoms with Crippen molar-refractivity contribution in [1.82, 2.24) is 20.2 Å². The summed E-state index contributed by atoms with van der Waals surface area (Å²) in [5.74, 6) is 1.38. The van der Waals surface area contributed by atoms with E-state index in [9.17, 15) is 4.79 Å². The van der Waals surface area contributed by atoms with E-state index in [-0.39, 0.29) is 5.91 Å². The monoisotopic (exact) mass is 352 g/mol. The number of nitrogens with zero attached hydrogens (tertiary/aromatic N) is 4. The molecule has 0 aliphatic carbocycles. The maximum absolute atomic E-state index is 12.6. The predicted octanol–water partition coefficient (Wildman–Crippen LogP) is 0.709. The molecule has 0 spiro atoms. The number of benzene rings is 1. The van der Waals surface area contributed by atoms with E-state index < -0.39 is 0 Å². The third-order valence-corrected chi connectivity index (χ3v) is 5.07. The topological polar surface area (TPSA) is 87.4 Å². The van der Waals surface area contributed by atoms with E-state index in [4.69, 9.17) is 5.73 Å². The number of aromatic nitrogens is 2. The fraction of sp³-hybridized carbons (Fsp3) is 0.421. The van der Waals surface area contributed by atoms with Crippen LogP contribution in [0.25, 0.3) is 0 Å². The van der Waals surface area contributed by atoms with Crippen molar-refractivity contribution in [1.29, 1.82) is 0 Å². The molecule has 7 heteroatoms. The van der Waals surface area contributed by atoms with Gasteiger partial charge in [0, 0.05) is 50.3 Å². The number of carbonyl (C=O) groups is 1. The van der Waals surface area contributed by atoms with Crippen molar-refractivity contribution >= 4 is 17.7 Å². The molecule has 1 fully saturated rings. The van der Waals surface area contributed by atoms with Crippen molar-refractivity contribution < 1.29 is 4.79 Å². The molecule has 1 aromatic carbocycles. The zero-order valence-corrected chi connectivity index (χ0v) is 14.8. The molecule has 26 heavy (non-hydrogen) atoms. The van der Waals surface area contributed by atoms with Gasteiger partial charge < -0.3 is 20.9 Å². The number of fused-ring (bicyclic) bond motifs is 1. The standard InChI is InChI=1S/C19H24N6O/c20-19-22-16-7-9-21-8-6-15(16)17(23-19)24-10-12-25(13-11-24)18(26)14-4-2-1-3-5-14/h1-5,21H,6-13H2,(H2,20,22,23). The van der Waals surface area contributed by atoms with Gasteiger partial charge in [-0.05, 0) is 25.1 Å². The molecule has 3 N–H and O–H groups in total. The Balaban J connectivity index is 1.50. The highest BCUT2D eigenvalue weighted by Crippen LogP contribution is 2.25. The number of nitrogens with one attached hydrogen (secondary N) is 1. The molecule has 2 aliphatic rings. The molecule has 7 nitrogen and oxygen atoms in total. The second-order valence-corrected chi connectivity index (χ2v) is 6.73. The van der Waals surface area contributed by atoms with E-state index in [0.29, 0.717) is 19.0 Å². The number of anilines is 2. The lowest BCUT2D eigenvalue weighted by molar-refractivity contribution is 0.0746. The summed E-state index contributed by atoms with van der Waals surface area (Å²) in [5.41, 5.74) is 8.96. The van der Waals surface area contributed by atoms with Gasteiger partial charge in [-0.15, -0.1) is 0 Å². The number of carbonyl (C=O) groups excluding carboxylic acids is 1. The SMILES string of the molecule is Nc1nc2c(c(N3CCN(C(=O)c4ccccc4)CC3)n1)CCNCC2. The van der Waals surface area contributed by atoms with Gasteiger partial charge in [0.05, 0.1) is 5.69 Å². The summed E-state index contributed by atoms with van der Waals surface area (Å²) in [4.78, 5) is 25.8. The molecule has 0 bridgehead atoms. The molecule has 1 saturated heterocycles. The smallest absolute Gasteiger partial charge is 0.253 e. The Hall–Kier alpha value is -2.67. The Kier molecular flexibility index (Phi) is 4.71. The van der Waals surface area contributed by atoms with E-state index in [1.807, 2.05) is 35.2 Å². The predicted molar refractivity (Wildman–Crippen MR) is 101 cm³/mol. The molecule has 3 heterocycles. The van der Waals surface area contributed by atoms with Crippen LogP contribution < -0.4 is 16.0 Å². The Morgan fingerprint density at radius 1 is 1.00 bits per heavy atom. The minimum absolute atomic E-state index is 0.0930. The van der Waals surface area contributed by atoms with E-state index in [1.54, 1.807) is 0 Å². The first kappa shape index (κ1) is 16.8. The van der Waals surface area contributed by atoms with Crippen molar-refractivity contribution in [2.75, 3.05) is 49.9 Å². The van der Waals surface area contributed by atoms with Gasteiger partial charge in [-0.25, -0.2) is 4.98 Å². The molecular weight excluding hydrogens is 328 g/mol. The summed E-state index contributed by atoms with van der Waals surface area (Å²) < 4.78 is 0. The highest BCUT2D eigenvalue weighted by molar-refractivity contribution is 5.94. The van der Waals surface area contributed by atoms with Crippen LogP contribution in [0, 0.1) is 0 Å². The fourth-order valence-electron chi connectivity index (χ4n) is 3.69. The molecule has 0 unspecified atom stereocenters. The number of hydrogen-bond donors (Lipinski definition) is 2. The van der Waals surface area contributed by atoms with E-state index in [0.717, 1.165) is 56.1 Å². The summed E-state index contributed by atoms with van der Waals surface area (Å²) >= 11 is 0. The molecular formula is C19H24N6O. The van der Waals surface area contributed by atoms with Crippen LogP contribution in [-0.4, -0.2) is 60.0 Å². The summed E-state index contributed by atoms with van der Waals surface area (Å²) in [6.45, 7) is 4.74. The number of piperazine rings is 1. The van der Waals surface area contributed by atoms with E-state index >= 15 is 0 Å². The van der Waals surface area contributed by atoms with E-state index in [2.05, 4.69) is 20.2 Å². The highest BCUT2D eigenvalue weighted by Gasteiger charge is 2.26. The van der Waals surface area contributed by atoms with Crippen LogP contribution >= 0.6 is 0 Å². The van der Waals surface area contributed by atoms with Crippen LogP contribution in [0.4, 0.5) is 11.8 Å². The summed E-state index contributed by atoms with van der Waals surface area (Å²) in [7, 11) is 0. The van der Waals surface area contributed by atoms with Crippen molar-refractivity contribution in [2.45, 2.75) is 12.8 Å². The Morgan fingerprint density at radius 2 is 1.73 bits per heavy atom. The zero-order valence-electron chi connectivity index (χ0n) is 14.8. The number of hydrogen-bond acceptors (Lipinski definition) is 6. The zero-order chi connectivity index (χ0) is 17.9. The molecule has 136 valence electrons. The summed E-state index contributed by atoms with van der Waals surface area (Å²) in [5, 5.41) is 3.40. The van der Waals surface area contributed by atoms with Crippen LogP contribution in [0.3, 0.4) is 0 Å². The van der Waals surface area contributed by atoms with Gasteiger partial charge in [-0.1, -0.05) is 18.2 Å². The molecule has 1 aromatic heterocycles.